The lowest BCUT2D eigenvalue weighted by Gasteiger charge is -2.18. The number of fused-ring (bicyclic) bond motifs is 1. The summed E-state index contributed by atoms with van der Waals surface area (Å²) in [5.41, 5.74) is 1.22. The van der Waals surface area contributed by atoms with Gasteiger partial charge in [0.1, 0.15) is 23.8 Å². The number of carbonyl (C=O) groups is 1. The number of halogens is 3. The summed E-state index contributed by atoms with van der Waals surface area (Å²) in [6.45, 7) is 3.65. The topological polar surface area (TPSA) is 76.0 Å². The van der Waals surface area contributed by atoms with Gasteiger partial charge in [0.15, 0.2) is 17.4 Å². The lowest BCUT2D eigenvalue weighted by molar-refractivity contribution is 0.134. The molecule has 1 heterocycles. The number of benzene rings is 2. The van der Waals surface area contributed by atoms with Gasteiger partial charge in [-0.3, -0.25) is 0 Å². The third-order valence-electron chi connectivity index (χ3n) is 4.71. The first kappa shape index (κ1) is 20.8. The maximum atomic E-state index is 14.2. The van der Waals surface area contributed by atoms with Crippen LogP contribution in [-0.2, 0) is 13.0 Å². The molecule has 2 aromatic carbocycles. The van der Waals surface area contributed by atoms with Gasteiger partial charge in [-0.2, -0.15) is 0 Å². The van der Waals surface area contributed by atoms with E-state index in [1.807, 2.05) is 13.8 Å². The van der Waals surface area contributed by atoms with Crippen LogP contribution in [0.5, 0.6) is 11.5 Å². The van der Waals surface area contributed by atoms with Gasteiger partial charge in [0.05, 0.1) is 0 Å². The number of hydrogen-bond donors (Lipinski definition) is 2. The summed E-state index contributed by atoms with van der Waals surface area (Å²) >= 11 is 0. The fourth-order valence-corrected chi connectivity index (χ4v) is 3.32. The first-order chi connectivity index (χ1) is 13.6. The van der Waals surface area contributed by atoms with Crippen LogP contribution in [0, 0.1) is 17.5 Å². The van der Waals surface area contributed by atoms with E-state index >= 15 is 0 Å². The van der Waals surface area contributed by atoms with Crippen molar-refractivity contribution in [2.75, 3.05) is 0 Å². The molecule has 0 spiro atoms. The lowest BCUT2D eigenvalue weighted by atomic mass is 10.00. The molecule has 1 saturated carbocycles. The average Bonchev–Trinajstić information content (AvgIpc) is 3.38. The van der Waals surface area contributed by atoms with Crippen molar-refractivity contribution in [3.8, 4) is 11.5 Å². The number of carboxylic acid groups (broad SMARTS) is 2. The molecule has 4 rings (SSSR count). The van der Waals surface area contributed by atoms with Crippen LogP contribution < -0.4 is 9.47 Å². The second kappa shape index (κ2) is 7.85. The normalized spacial score (nSPS) is 16.3. The van der Waals surface area contributed by atoms with E-state index < -0.39 is 29.1 Å². The van der Waals surface area contributed by atoms with Crippen LogP contribution in [0.15, 0.2) is 24.3 Å². The minimum Gasteiger partial charge on any atom is -0.487 e. The van der Waals surface area contributed by atoms with Gasteiger partial charge in [0.2, 0.25) is 0 Å². The fraction of sp³-hybridized carbons (Fsp3) is 0.381. The van der Waals surface area contributed by atoms with E-state index in [4.69, 9.17) is 24.5 Å². The van der Waals surface area contributed by atoms with Gasteiger partial charge < -0.3 is 19.7 Å². The molecular weight excluding hydrogens is 389 g/mol. The first-order valence-corrected chi connectivity index (χ1v) is 9.10. The molecule has 1 aliphatic heterocycles. The smallest absolute Gasteiger partial charge is 0.487 e. The SMILES string of the molecule is CC1(C)Cc2c(F)ccc(COc3c(F)cc(C4CC4)cc3F)c2O1.O=C(O)O. The Kier molecular flexibility index (Phi) is 5.64. The summed E-state index contributed by atoms with van der Waals surface area (Å²) in [4.78, 5) is 8.56. The molecule has 156 valence electrons. The van der Waals surface area contributed by atoms with Crippen LogP contribution in [0.4, 0.5) is 18.0 Å². The summed E-state index contributed by atoms with van der Waals surface area (Å²) < 4.78 is 53.6. The Bertz CT molecular complexity index is 911. The monoisotopic (exact) mass is 410 g/mol. The second-order valence-corrected chi connectivity index (χ2v) is 7.71. The van der Waals surface area contributed by atoms with Crippen LogP contribution in [0.1, 0.15) is 49.3 Å². The highest BCUT2D eigenvalue weighted by Crippen LogP contribution is 2.42. The Labute approximate surface area is 165 Å². The molecule has 0 radical (unpaired) electrons. The summed E-state index contributed by atoms with van der Waals surface area (Å²) in [7, 11) is 0. The molecule has 0 atom stereocenters. The third kappa shape index (κ3) is 4.93. The summed E-state index contributed by atoms with van der Waals surface area (Å²) in [5, 5.41) is 13.9. The van der Waals surface area contributed by atoms with E-state index in [9.17, 15) is 13.2 Å². The Balaban J connectivity index is 0.000000552. The van der Waals surface area contributed by atoms with Gasteiger partial charge in [-0.25, -0.2) is 18.0 Å². The van der Waals surface area contributed by atoms with E-state index in [2.05, 4.69) is 0 Å². The fourth-order valence-electron chi connectivity index (χ4n) is 3.32. The average molecular weight is 410 g/mol. The predicted octanol–water partition coefficient (Wildman–Crippen LogP) is 5.50. The summed E-state index contributed by atoms with van der Waals surface area (Å²) in [6.07, 6.45) is 0.544. The van der Waals surface area contributed by atoms with Gasteiger partial charge in [-0.15, -0.1) is 0 Å². The molecule has 2 N–H and O–H groups in total. The second-order valence-electron chi connectivity index (χ2n) is 7.71. The Morgan fingerprint density at radius 3 is 2.28 bits per heavy atom. The zero-order valence-corrected chi connectivity index (χ0v) is 16.0. The molecule has 8 heteroatoms. The Morgan fingerprint density at radius 1 is 1.14 bits per heavy atom. The zero-order chi connectivity index (χ0) is 21.3. The maximum absolute atomic E-state index is 14.2. The predicted molar refractivity (Wildman–Crippen MR) is 98.1 cm³/mol. The molecule has 0 aromatic heterocycles. The Hall–Kier alpha value is -2.90. The van der Waals surface area contributed by atoms with Crippen molar-refractivity contribution in [3.05, 3.63) is 58.4 Å². The third-order valence-corrected chi connectivity index (χ3v) is 4.71. The van der Waals surface area contributed by atoms with Crippen molar-refractivity contribution in [2.24, 2.45) is 0 Å². The minimum absolute atomic E-state index is 0.0880. The molecule has 29 heavy (non-hydrogen) atoms. The van der Waals surface area contributed by atoms with E-state index in [1.54, 1.807) is 0 Å². The minimum atomic E-state index is -1.83. The van der Waals surface area contributed by atoms with Crippen LogP contribution >= 0.6 is 0 Å². The van der Waals surface area contributed by atoms with E-state index in [0.717, 1.165) is 12.8 Å². The molecule has 0 unspecified atom stereocenters. The van der Waals surface area contributed by atoms with Crippen molar-refractivity contribution in [1.82, 2.24) is 0 Å². The zero-order valence-electron chi connectivity index (χ0n) is 16.0. The quantitative estimate of drug-likeness (QED) is 0.697. The largest absolute Gasteiger partial charge is 0.503 e. The maximum Gasteiger partial charge on any atom is 0.503 e. The van der Waals surface area contributed by atoms with Gasteiger partial charge in [0.25, 0.3) is 0 Å². The van der Waals surface area contributed by atoms with Crippen molar-refractivity contribution in [2.45, 2.75) is 51.2 Å². The highest BCUT2D eigenvalue weighted by molar-refractivity contribution is 5.53. The number of hydrogen-bond acceptors (Lipinski definition) is 3. The van der Waals surface area contributed by atoms with Gasteiger partial charge in [0, 0.05) is 17.5 Å². The number of rotatable bonds is 4. The molecule has 2 aliphatic rings. The summed E-state index contributed by atoms with van der Waals surface area (Å²) in [6, 6.07) is 5.55. The van der Waals surface area contributed by atoms with Crippen molar-refractivity contribution in [1.29, 1.82) is 0 Å². The molecule has 0 amide bonds. The molecular formula is C21H21F3O5. The first-order valence-electron chi connectivity index (χ1n) is 9.10. The van der Waals surface area contributed by atoms with Crippen LogP contribution in [0.3, 0.4) is 0 Å². The Morgan fingerprint density at radius 2 is 1.72 bits per heavy atom. The van der Waals surface area contributed by atoms with Gasteiger partial charge in [-0.1, -0.05) is 0 Å². The van der Waals surface area contributed by atoms with Crippen LogP contribution in [0.25, 0.3) is 0 Å². The van der Waals surface area contributed by atoms with Crippen LogP contribution in [-0.4, -0.2) is 22.0 Å². The lowest BCUT2D eigenvalue weighted by Crippen LogP contribution is -2.25. The summed E-state index contributed by atoms with van der Waals surface area (Å²) in [5.74, 6) is -1.48. The standard InChI is InChI=1S/C20H19F3O2.CH2O3/c1-20(2)9-14-15(21)6-5-12(18(14)25-20)10-24-19-16(22)7-13(8-17(19)23)11-3-4-11;2-1(3)4/h5-8,11H,3-4,9-10H2,1-2H3;(H2,2,3,4). The van der Waals surface area contributed by atoms with E-state index in [1.165, 1.54) is 24.3 Å². The number of ether oxygens (including phenoxy) is 2. The highest BCUT2D eigenvalue weighted by Gasteiger charge is 2.34. The van der Waals surface area contributed by atoms with E-state index in [-0.39, 0.29) is 18.3 Å². The molecule has 1 fully saturated rings. The van der Waals surface area contributed by atoms with E-state index in [0.29, 0.717) is 28.9 Å². The highest BCUT2D eigenvalue weighted by atomic mass is 19.1. The van der Waals surface area contributed by atoms with Crippen molar-refractivity contribution in [3.63, 3.8) is 0 Å². The van der Waals surface area contributed by atoms with Crippen molar-refractivity contribution >= 4 is 6.16 Å². The molecule has 2 aromatic rings. The molecule has 0 bridgehead atoms. The van der Waals surface area contributed by atoms with Gasteiger partial charge >= 0.3 is 6.16 Å². The molecule has 1 aliphatic carbocycles. The molecule has 0 saturated heterocycles. The molecule has 5 nitrogen and oxygen atoms in total. The van der Waals surface area contributed by atoms with Crippen LogP contribution in [0.2, 0.25) is 0 Å². The van der Waals surface area contributed by atoms with Crippen molar-refractivity contribution < 1.29 is 37.7 Å². The van der Waals surface area contributed by atoms with Gasteiger partial charge in [-0.05, 0) is 62.4 Å².